The predicted molar refractivity (Wildman–Crippen MR) is 70.2 cm³/mol. The van der Waals surface area contributed by atoms with Gasteiger partial charge in [-0.1, -0.05) is 34.6 Å². The van der Waals surface area contributed by atoms with Gasteiger partial charge >= 0.3 is 0 Å². The predicted octanol–water partition coefficient (Wildman–Crippen LogP) is 2.50. The standard InChI is InChI=1S/C12H27NOS/c1-8(2)6-11(13)12(7-14)15-10(5)9(3)4/h8-12,14H,6-7,13H2,1-5H3. The summed E-state index contributed by atoms with van der Waals surface area (Å²) >= 11 is 1.83. The van der Waals surface area contributed by atoms with E-state index in [0.29, 0.717) is 17.1 Å². The molecule has 0 saturated carbocycles. The smallest absolute Gasteiger partial charge is 0.0565 e. The molecule has 3 heteroatoms. The van der Waals surface area contributed by atoms with Gasteiger partial charge in [0.25, 0.3) is 0 Å². The van der Waals surface area contributed by atoms with Crippen molar-refractivity contribution in [3.8, 4) is 0 Å². The first-order valence-electron chi connectivity index (χ1n) is 5.90. The molecule has 0 aliphatic carbocycles. The van der Waals surface area contributed by atoms with Gasteiger partial charge in [-0.25, -0.2) is 0 Å². The Morgan fingerprint density at radius 1 is 1.13 bits per heavy atom. The van der Waals surface area contributed by atoms with Gasteiger partial charge in [0, 0.05) is 16.5 Å². The summed E-state index contributed by atoms with van der Waals surface area (Å²) in [5.74, 6) is 1.24. The van der Waals surface area contributed by atoms with Crippen LogP contribution in [-0.4, -0.2) is 28.3 Å². The van der Waals surface area contributed by atoms with Gasteiger partial charge in [0.05, 0.1) is 6.61 Å². The topological polar surface area (TPSA) is 46.2 Å². The maximum Gasteiger partial charge on any atom is 0.0565 e. The minimum atomic E-state index is 0.112. The van der Waals surface area contributed by atoms with Gasteiger partial charge in [-0.3, -0.25) is 0 Å². The normalized spacial score (nSPS) is 18.2. The molecule has 0 heterocycles. The number of nitrogens with two attached hydrogens (primary N) is 1. The monoisotopic (exact) mass is 233 g/mol. The first-order valence-corrected chi connectivity index (χ1v) is 6.84. The lowest BCUT2D eigenvalue weighted by atomic mass is 10.0. The zero-order chi connectivity index (χ0) is 12.0. The van der Waals surface area contributed by atoms with Crippen LogP contribution in [0.4, 0.5) is 0 Å². The van der Waals surface area contributed by atoms with Crippen LogP contribution in [0.25, 0.3) is 0 Å². The Balaban J connectivity index is 4.11. The van der Waals surface area contributed by atoms with Gasteiger partial charge in [-0.15, -0.1) is 0 Å². The Morgan fingerprint density at radius 3 is 2.00 bits per heavy atom. The molecule has 3 atom stereocenters. The van der Waals surface area contributed by atoms with Crippen molar-refractivity contribution in [1.29, 1.82) is 0 Å². The van der Waals surface area contributed by atoms with Crippen molar-refractivity contribution in [3.63, 3.8) is 0 Å². The van der Waals surface area contributed by atoms with E-state index >= 15 is 0 Å². The fourth-order valence-corrected chi connectivity index (χ4v) is 2.67. The molecular formula is C12H27NOS. The van der Waals surface area contributed by atoms with E-state index in [1.54, 1.807) is 0 Å². The average molecular weight is 233 g/mol. The van der Waals surface area contributed by atoms with Crippen molar-refractivity contribution < 1.29 is 5.11 Å². The lowest BCUT2D eigenvalue weighted by Crippen LogP contribution is -2.37. The highest BCUT2D eigenvalue weighted by Crippen LogP contribution is 2.26. The summed E-state index contributed by atoms with van der Waals surface area (Å²) in [6.07, 6.45) is 0.989. The van der Waals surface area contributed by atoms with Crippen molar-refractivity contribution in [2.45, 2.75) is 57.6 Å². The highest BCUT2D eigenvalue weighted by atomic mass is 32.2. The lowest BCUT2D eigenvalue weighted by molar-refractivity contribution is 0.274. The SMILES string of the molecule is CC(C)CC(N)C(CO)SC(C)C(C)C. The van der Waals surface area contributed by atoms with Crippen LogP contribution < -0.4 is 5.73 Å². The Kier molecular flexibility index (Phi) is 7.66. The maximum absolute atomic E-state index is 9.34. The highest BCUT2D eigenvalue weighted by molar-refractivity contribution is 8.00. The summed E-state index contributed by atoms with van der Waals surface area (Å²) in [6.45, 7) is 11.2. The molecule has 0 aromatic heterocycles. The first-order chi connectivity index (χ1) is 6.88. The largest absolute Gasteiger partial charge is 0.395 e. The van der Waals surface area contributed by atoms with Gasteiger partial charge in [-0.05, 0) is 18.3 Å². The Hall–Kier alpha value is 0.270. The summed E-state index contributed by atoms with van der Waals surface area (Å²) in [6, 6.07) is 0.112. The number of hydrogen-bond donors (Lipinski definition) is 2. The Morgan fingerprint density at radius 2 is 1.67 bits per heavy atom. The van der Waals surface area contributed by atoms with Crippen LogP contribution in [0.3, 0.4) is 0 Å². The molecule has 3 unspecified atom stereocenters. The van der Waals surface area contributed by atoms with Crippen LogP contribution in [0.15, 0.2) is 0 Å². The van der Waals surface area contributed by atoms with Crippen molar-refractivity contribution in [2.24, 2.45) is 17.6 Å². The Bertz CT molecular complexity index is 162. The van der Waals surface area contributed by atoms with E-state index < -0.39 is 0 Å². The fourth-order valence-electron chi connectivity index (χ4n) is 1.41. The summed E-state index contributed by atoms with van der Waals surface area (Å²) in [5.41, 5.74) is 6.10. The third-order valence-electron chi connectivity index (χ3n) is 2.73. The molecule has 3 N–H and O–H groups in total. The molecule has 0 radical (unpaired) electrons. The average Bonchev–Trinajstić information content (AvgIpc) is 2.11. The van der Waals surface area contributed by atoms with Crippen LogP contribution in [0.5, 0.6) is 0 Å². The summed E-state index contributed by atoms with van der Waals surface area (Å²) in [7, 11) is 0. The second-order valence-electron chi connectivity index (χ2n) is 5.10. The van der Waals surface area contributed by atoms with Crippen molar-refractivity contribution >= 4 is 11.8 Å². The van der Waals surface area contributed by atoms with E-state index in [9.17, 15) is 5.11 Å². The molecule has 0 amide bonds. The second-order valence-corrected chi connectivity index (χ2v) is 6.72. The molecule has 0 aliphatic rings. The third-order valence-corrected chi connectivity index (χ3v) is 4.55. The quantitative estimate of drug-likeness (QED) is 0.710. The van der Waals surface area contributed by atoms with Crippen molar-refractivity contribution in [3.05, 3.63) is 0 Å². The van der Waals surface area contributed by atoms with Crippen LogP contribution in [-0.2, 0) is 0 Å². The summed E-state index contributed by atoms with van der Waals surface area (Å²) in [4.78, 5) is 0. The lowest BCUT2D eigenvalue weighted by Gasteiger charge is -2.27. The molecule has 0 rings (SSSR count). The third kappa shape index (κ3) is 6.44. The molecule has 92 valence electrons. The molecule has 0 saturated heterocycles. The van der Waals surface area contributed by atoms with Gasteiger partial charge < -0.3 is 10.8 Å². The second kappa shape index (κ2) is 7.53. The van der Waals surface area contributed by atoms with E-state index in [4.69, 9.17) is 5.73 Å². The Labute approximate surface area is 99.0 Å². The van der Waals surface area contributed by atoms with Gasteiger partial charge in [-0.2, -0.15) is 11.8 Å². The van der Waals surface area contributed by atoms with E-state index in [0.717, 1.165) is 6.42 Å². The molecular weight excluding hydrogens is 206 g/mol. The highest BCUT2D eigenvalue weighted by Gasteiger charge is 2.22. The van der Waals surface area contributed by atoms with Crippen molar-refractivity contribution in [2.75, 3.05) is 6.61 Å². The van der Waals surface area contributed by atoms with Crippen LogP contribution >= 0.6 is 11.8 Å². The minimum Gasteiger partial charge on any atom is -0.395 e. The molecule has 2 nitrogen and oxygen atoms in total. The minimum absolute atomic E-state index is 0.112. The van der Waals surface area contributed by atoms with Crippen LogP contribution in [0.1, 0.15) is 41.0 Å². The molecule has 0 aliphatic heterocycles. The molecule has 0 bridgehead atoms. The van der Waals surface area contributed by atoms with E-state index in [1.807, 2.05) is 11.8 Å². The maximum atomic E-state index is 9.34. The molecule has 0 aromatic carbocycles. The van der Waals surface area contributed by atoms with Gasteiger partial charge in [0.2, 0.25) is 0 Å². The number of hydrogen-bond acceptors (Lipinski definition) is 3. The molecule has 0 spiro atoms. The fraction of sp³-hybridized carbons (Fsp3) is 1.00. The van der Waals surface area contributed by atoms with Crippen LogP contribution in [0.2, 0.25) is 0 Å². The molecule has 15 heavy (non-hydrogen) atoms. The van der Waals surface area contributed by atoms with Crippen LogP contribution in [0, 0.1) is 11.8 Å². The number of aliphatic hydroxyl groups is 1. The molecule has 0 aromatic rings. The van der Waals surface area contributed by atoms with E-state index in [2.05, 4.69) is 34.6 Å². The van der Waals surface area contributed by atoms with Gasteiger partial charge in [0.1, 0.15) is 0 Å². The summed E-state index contributed by atoms with van der Waals surface area (Å²) in [5, 5.41) is 10.1. The first kappa shape index (κ1) is 15.3. The van der Waals surface area contributed by atoms with E-state index in [-0.39, 0.29) is 17.9 Å². The zero-order valence-corrected chi connectivity index (χ0v) is 11.6. The molecule has 0 fully saturated rings. The summed E-state index contributed by atoms with van der Waals surface area (Å²) < 4.78 is 0. The van der Waals surface area contributed by atoms with Gasteiger partial charge in [0.15, 0.2) is 0 Å². The number of rotatable bonds is 7. The van der Waals surface area contributed by atoms with Crippen molar-refractivity contribution in [1.82, 2.24) is 0 Å². The van der Waals surface area contributed by atoms with E-state index in [1.165, 1.54) is 0 Å². The number of thioether (sulfide) groups is 1. The zero-order valence-electron chi connectivity index (χ0n) is 10.7. The number of aliphatic hydroxyl groups excluding tert-OH is 1.